The zero-order valence-corrected chi connectivity index (χ0v) is 15.3. The second-order valence-electron chi connectivity index (χ2n) is 6.14. The molecule has 0 N–H and O–H groups in total. The SMILES string of the molecule is CCc1nsc(N2CCCN(c3cc(C(F)(F)F)nc4ncnn34)CC2)n1. The van der Waals surface area contributed by atoms with Crippen molar-refractivity contribution in [1.29, 1.82) is 0 Å². The van der Waals surface area contributed by atoms with E-state index in [4.69, 9.17) is 0 Å². The first kappa shape index (κ1) is 17.9. The standard InChI is InChI=1S/C15H17F3N8S/c1-2-11-22-14(27-23-11)25-5-3-4-24(6-7-25)12-8-10(15(16,17)18)21-13-19-9-20-26(12)13/h8-9H,2-7H2,1H3. The van der Waals surface area contributed by atoms with E-state index in [0.717, 1.165) is 36.4 Å². The van der Waals surface area contributed by atoms with Crippen LogP contribution in [0.4, 0.5) is 24.1 Å². The number of halogens is 3. The highest BCUT2D eigenvalue weighted by atomic mass is 32.1. The fourth-order valence-corrected chi connectivity index (χ4v) is 3.82. The molecule has 0 aliphatic carbocycles. The normalized spacial score (nSPS) is 16.1. The number of aromatic nitrogens is 6. The zero-order valence-electron chi connectivity index (χ0n) is 14.5. The van der Waals surface area contributed by atoms with Crippen LogP contribution in [0.25, 0.3) is 5.78 Å². The number of hydrogen-bond acceptors (Lipinski definition) is 8. The van der Waals surface area contributed by atoms with E-state index in [0.29, 0.717) is 25.5 Å². The summed E-state index contributed by atoms with van der Waals surface area (Å²) < 4.78 is 45.3. The second kappa shape index (κ2) is 6.91. The summed E-state index contributed by atoms with van der Waals surface area (Å²) in [5.41, 5.74) is -0.962. The highest BCUT2D eigenvalue weighted by molar-refractivity contribution is 7.09. The van der Waals surface area contributed by atoms with Crippen LogP contribution in [0.5, 0.6) is 0 Å². The minimum absolute atomic E-state index is 0.0577. The molecule has 12 heteroatoms. The Hall–Kier alpha value is -2.50. The van der Waals surface area contributed by atoms with Gasteiger partial charge in [-0.15, -0.1) is 0 Å². The minimum atomic E-state index is -4.54. The fraction of sp³-hybridized carbons (Fsp3) is 0.533. The number of rotatable bonds is 3. The molecule has 0 bridgehead atoms. The summed E-state index contributed by atoms with van der Waals surface area (Å²) in [6.45, 7) is 4.55. The molecule has 27 heavy (non-hydrogen) atoms. The van der Waals surface area contributed by atoms with Gasteiger partial charge in [0.25, 0.3) is 5.78 Å². The molecule has 0 aromatic carbocycles. The molecule has 0 spiro atoms. The number of aryl methyl sites for hydroxylation is 1. The van der Waals surface area contributed by atoms with Crippen LogP contribution < -0.4 is 9.80 Å². The van der Waals surface area contributed by atoms with E-state index in [-0.39, 0.29) is 5.78 Å². The van der Waals surface area contributed by atoms with E-state index in [1.165, 1.54) is 22.4 Å². The molecule has 1 saturated heterocycles. The monoisotopic (exact) mass is 398 g/mol. The molecule has 4 rings (SSSR count). The second-order valence-corrected chi connectivity index (χ2v) is 6.87. The van der Waals surface area contributed by atoms with Crippen LogP contribution in [-0.2, 0) is 12.6 Å². The fourth-order valence-electron chi connectivity index (χ4n) is 3.02. The van der Waals surface area contributed by atoms with Crippen molar-refractivity contribution in [2.24, 2.45) is 0 Å². The van der Waals surface area contributed by atoms with Gasteiger partial charge in [-0.3, -0.25) is 0 Å². The molecule has 3 aromatic rings. The van der Waals surface area contributed by atoms with Crippen molar-refractivity contribution in [1.82, 2.24) is 28.9 Å². The number of nitrogens with zero attached hydrogens (tertiary/aromatic N) is 8. The molecule has 0 radical (unpaired) electrons. The molecular formula is C15H17F3N8S. The van der Waals surface area contributed by atoms with Gasteiger partial charge in [-0.25, -0.2) is 9.97 Å². The summed E-state index contributed by atoms with van der Waals surface area (Å²) in [5.74, 6) is 1.10. The van der Waals surface area contributed by atoms with E-state index in [9.17, 15) is 13.2 Å². The van der Waals surface area contributed by atoms with Gasteiger partial charge in [-0.2, -0.15) is 32.1 Å². The van der Waals surface area contributed by atoms with E-state index < -0.39 is 11.9 Å². The number of hydrogen-bond donors (Lipinski definition) is 0. The lowest BCUT2D eigenvalue weighted by Gasteiger charge is -2.24. The molecule has 0 amide bonds. The van der Waals surface area contributed by atoms with Gasteiger partial charge in [-0.05, 0) is 6.42 Å². The van der Waals surface area contributed by atoms with E-state index >= 15 is 0 Å². The van der Waals surface area contributed by atoms with Gasteiger partial charge in [0.1, 0.15) is 18.0 Å². The van der Waals surface area contributed by atoms with Crippen LogP contribution in [0.15, 0.2) is 12.4 Å². The van der Waals surface area contributed by atoms with E-state index in [1.807, 2.05) is 11.8 Å². The lowest BCUT2D eigenvalue weighted by molar-refractivity contribution is -0.141. The van der Waals surface area contributed by atoms with E-state index in [2.05, 4.69) is 29.3 Å². The molecule has 0 saturated carbocycles. The molecule has 0 atom stereocenters. The van der Waals surface area contributed by atoms with Crippen LogP contribution in [0.3, 0.4) is 0 Å². The predicted molar refractivity (Wildman–Crippen MR) is 94.1 cm³/mol. The highest BCUT2D eigenvalue weighted by Crippen LogP contribution is 2.31. The Morgan fingerprint density at radius 3 is 2.63 bits per heavy atom. The van der Waals surface area contributed by atoms with Gasteiger partial charge in [-0.1, -0.05) is 6.92 Å². The van der Waals surface area contributed by atoms with E-state index in [1.54, 1.807) is 0 Å². The van der Waals surface area contributed by atoms with Gasteiger partial charge in [0.2, 0.25) is 5.13 Å². The van der Waals surface area contributed by atoms with Crippen LogP contribution >= 0.6 is 11.5 Å². The summed E-state index contributed by atoms with van der Waals surface area (Å²) in [4.78, 5) is 15.9. The lowest BCUT2D eigenvalue weighted by Crippen LogP contribution is -2.32. The zero-order chi connectivity index (χ0) is 19.0. The summed E-state index contributed by atoms with van der Waals surface area (Å²) in [6.07, 6.45) is -1.77. The average Bonchev–Trinajstić information content (AvgIpc) is 3.24. The Balaban J connectivity index is 1.61. The average molecular weight is 398 g/mol. The van der Waals surface area contributed by atoms with Crippen LogP contribution in [0.2, 0.25) is 0 Å². The van der Waals surface area contributed by atoms with Crippen molar-refractivity contribution in [3.8, 4) is 0 Å². The van der Waals surface area contributed by atoms with Crippen molar-refractivity contribution in [3.05, 3.63) is 23.9 Å². The summed E-state index contributed by atoms with van der Waals surface area (Å²) in [5, 5.41) is 4.89. The quantitative estimate of drug-likeness (QED) is 0.670. The van der Waals surface area contributed by atoms with Crippen molar-refractivity contribution in [2.45, 2.75) is 25.9 Å². The molecule has 1 aliphatic heterocycles. The van der Waals surface area contributed by atoms with Crippen molar-refractivity contribution in [2.75, 3.05) is 36.0 Å². The molecule has 1 fully saturated rings. The summed E-state index contributed by atoms with van der Waals surface area (Å²) in [7, 11) is 0. The summed E-state index contributed by atoms with van der Waals surface area (Å²) in [6, 6.07) is 1.04. The first-order valence-electron chi connectivity index (χ1n) is 8.56. The lowest BCUT2D eigenvalue weighted by atomic mass is 10.3. The maximum absolute atomic E-state index is 13.2. The maximum Gasteiger partial charge on any atom is 0.433 e. The Morgan fingerprint density at radius 1 is 1.11 bits per heavy atom. The van der Waals surface area contributed by atoms with Gasteiger partial charge in [0.15, 0.2) is 5.69 Å². The topological polar surface area (TPSA) is 75.3 Å². The van der Waals surface area contributed by atoms with Crippen LogP contribution in [0, 0.1) is 0 Å². The Bertz CT molecular complexity index is 937. The van der Waals surface area contributed by atoms with Crippen molar-refractivity contribution < 1.29 is 13.2 Å². The molecule has 3 aromatic heterocycles. The largest absolute Gasteiger partial charge is 0.433 e. The van der Waals surface area contributed by atoms with Gasteiger partial charge < -0.3 is 9.80 Å². The number of anilines is 2. The minimum Gasteiger partial charge on any atom is -0.355 e. The molecule has 1 aliphatic rings. The van der Waals surface area contributed by atoms with Gasteiger partial charge >= 0.3 is 6.18 Å². The highest BCUT2D eigenvalue weighted by Gasteiger charge is 2.35. The third-order valence-corrected chi connectivity index (χ3v) is 5.20. The first-order chi connectivity index (χ1) is 13.0. The Labute approximate surface area is 156 Å². The van der Waals surface area contributed by atoms with Crippen LogP contribution in [-0.4, -0.2) is 55.1 Å². The van der Waals surface area contributed by atoms with Crippen molar-refractivity contribution >= 4 is 28.3 Å². The molecule has 144 valence electrons. The molecule has 8 nitrogen and oxygen atoms in total. The third kappa shape index (κ3) is 3.53. The Morgan fingerprint density at radius 2 is 1.89 bits per heavy atom. The maximum atomic E-state index is 13.2. The number of alkyl halides is 3. The molecular weight excluding hydrogens is 381 g/mol. The molecule has 0 unspecified atom stereocenters. The van der Waals surface area contributed by atoms with Gasteiger partial charge in [0.05, 0.1) is 0 Å². The predicted octanol–water partition coefficient (Wildman–Crippen LogP) is 2.27. The first-order valence-corrected chi connectivity index (χ1v) is 9.33. The van der Waals surface area contributed by atoms with Crippen molar-refractivity contribution in [3.63, 3.8) is 0 Å². The third-order valence-electron chi connectivity index (χ3n) is 4.39. The van der Waals surface area contributed by atoms with Crippen LogP contribution in [0.1, 0.15) is 24.9 Å². The Kier molecular flexibility index (Phi) is 4.58. The number of fused-ring (bicyclic) bond motifs is 1. The van der Waals surface area contributed by atoms with Gasteiger partial charge in [0, 0.05) is 50.2 Å². The smallest absolute Gasteiger partial charge is 0.355 e. The summed E-state index contributed by atoms with van der Waals surface area (Å²) >= 11 is 1.36. The molecule has 4 heterocycles.